The van der Waals surface area contributed by atoms with Crippen molar-refractivity contribution in [1.29, 1.82) is 0 Å². The van der Waals surface area contributed by atoms with Gasteiger partial charge in [0.2, 0.25) is 11.7 Å². The molecule has 1 saturated heterocycles. The average Bonchev–Trinajstić information content (AvgIpc) is 3.21. The standard InChI is InChI=1S/C17H27N3O3/c1-5-12(4)13-10-14(23-19-13)16(21)18-15(11(2)3)17(22)20-8-6-7-9-20/h10-12,15H,5-9H2,1-4H3,(H,18,21)/t12-,15+/m1/s1. The molecule has 6 heteroatoms. The number of nitrogens with zero attached hydrogens (tertiary/aromatic N) is 2. The number of aromatic nitrogens is 1. The van der Waals surface area contributed by atoms with Gasteiger partial charge >= 0.3 is 0 Å². The van der Waals surface area contributed by atoms with E-state index in [1.165, 1.54) is 0 Å². The summed E-state index contributed by atoms with van der Waals surface area (Å²) in [5, 5.41) is 6.77. The maximum atomic E-state index is 12.6. The lowest BCUT2D eigenvalue weighted by atomic mass is 10.0. The monoisotopic (exact) mass is 321 g/mol. The molecule has 6 nitrogen and oxygen atoms in total. The van der Waals surface area contributed by atoms with E-state index in [1.807, 2.05) is 25.7 Å². The van der Waals surface area contributed by atoms with Gasteiger partial charge in [0.15, 0.2) is 0 Å². The topological polar surface area (TPSA) is 75.4 Å². The second-order valence-electron chi connectivity index (χ2n) is 6.65. The van der Waals surface area contributed by atoms with Gasteiger partial charge in [0.1, 0.15) is 6.04 Å². The summed E-state index contributed by atoms with van der Waals surface area (Å²) in [7, 11) is 0. The van der Waals surface area contributed by atoms with Gasteiger partial charge in [0.25, 0.3) is 5.91 Å². The van der Waals surface area contributed by atoms with E-state index >= 15 is 0 Å². The number of hydrogen-bond donors (Lipinski definition) is 1. The van der Waals surface area contributed by atoms with Crippen LogP contribution in [0.15, 0.2) is 10.6 Å². The van der Waals surface area contributed by atoms with Crippen molar-refractivity contribution in [2.24, 2.45) is 5.92 Å². The molecule has 128 valence electrons. The second kappa shape index (κ2) is 7.62. The van der Waals surface area contributed by atoms with Crippen LogP contribution in [0.25, 0.3) is 0 Å². The van der Waals surface area contributed by atoms with Crippen LogP contribution in [0.5, 0.6) is 0 Å². The first-order valence-corrected chi connectivity index (χ1v) is 8.50. The van der Waals surface area contributed by atoms with Gasteiger partial charge in [-0.25, -0.2) is 0 Å². The van der Waals surface area contributed by atoms with E-state index < -0.39 is 6.04 Å². The van der Waals surface area contributed by atoms with Crippen LogP contribution < -0.4 is 5.32 Å². The molecular formula is C17H27N3O3. The Kier molecular flexibility index (Phi) is 5.80. The first-order chi connectivity index (χ1) is 10.9. The van der Waals surface area contributed by atoms with E-state index in [1.54, 1.807) is 6.07 Å². The third-order valence-electron chi connectivity index (χ3n) is 4.51. The number of hydrogen-bond acceptors (Lipinski definition) is 4. The molecule has 1 aliphatic heterocycles. The molecule has 0 unspecified atom stereocenters. The minimum atomic E-state index is -0.530. The van der Waals surface area contributed by atoms with Gasteiger partial charge in [-0.1, -0.05) is 32.9 Å². The minimum absolute atomic E-state index is 0.00693. The largest absolute Gasteiger partial charge is 0.351 e. The highest BCUT2D eigenvalue weighted by atomic mass is 16.5. The predicted octanol–water partition coefficient (Wildman–Crippen LogP) is 2.56. The Morgan fingerprint density at radius 1 is 1.30 bits per heavy atom. The molecule has 1 aromatic rings. The average molecular weight is 321 g/mol. The van der Waals surface area contributed by atoms with Gasteiger partial charge in [-0.3, -0.25) is 9.59 Å². The number of rotatable bonds is 6. The van der Waals surface area contributed by atoms with E-state index in [2.05, 4.69) is 17.4 Å². The molecular weight excluding hydrogens is 294 g/mol. The molecule has 1 aromatic heterocycles. The minimum Gasteiger partial charge on any atom is -0.351 e. The van der Waals surface area contributed by atoms with Crippen molar-refractivity contribution in [3.05, 3.63) is 17.5 Å². The Morgan fingerprint density at radius 2 is 1.96 bits per heavy atom. The van der Waals surface area contributed by atoms with Gasteiger partial charge in [0, 0.05) is 25.1 Å². The van der Waals surface area contributed by atoms with Gasteiger partial charge in [0.05, 0.1) is 5.69 Å². The Labute approximate surface area is 137 Å². The highest BCUT2D eigenvalue weighted by molar-refractivity contribution is 5.95. The maximum absolute atomic E-state index is 12.6. The van der Waals surface area contributed by atoms with Crippen LogP contribution in [-0.2, 0) is 4.79 Å². The molecule has 23 heavy (non-hydrogen) atoms. The van der Waals surface area contributed by atoms with E-state index in [0.29, 0.717) is 0 Å². The molecule has 0 radical (unpaired) electrons. The normalized spacial score (nSPS) is 17.3. The van der Waals surface area contributed by atoms with Crippen LogP contribution in [0.3, 0.4) is 0 Å². The smallest absolute Gasteiger partial charge is 0.290 e. The molecule has 1 fully saturated rings. The van der Waals surface area contributed by atoms with Crippen LogP contribution in [-0.4, -0.2) is 41.0 Å². The Balaban J connectivity index is 2.05. The zero-order valence-corrected chi connectivity index (χ0v) is 14.5. The zero-order chi connectivity index (χ0) is 17.0. The van der Waals surface area contributed by atoms with Crippen LogP contribution in [0.4, 0.5) is 0 Å². The molecule has 2 heterocycles. The van der Waals surface area contributed by atoms with Crippen LogP contribution in [0.2, 0.25) is 0 Å². The maximum Gasteiger partial charge on any atom is 0.290 e. The number of carbonyl (C=O) groups is 2. The van der Waals surface area contributed by atoms with E-state index in [9.17, 15) is 9.59 Å². The summed E-state index contributed by atoms with van der Waals surface area (Å²) in [6, 6.07) is 1.14. The van der Waals surface area contributed by atoms with Gasteiger partial charge in [-0.2, -0.15) is 0 Å². The molecule has 1 N–H and O–H groups in total. The second-order valence-corrected chi connectivity index (χ2v) is 6.65. The lowest BCUT2D eigenvalue weighted by Crippen LogP contribution is -2.50. The molecule has 0 bridgehead atoms. The Bertz CT molecular complexity index is 547. The molecule has 0 saturated carbocycles. The molecule has 1 aliphatic rings. The summed E-state index contributed by atoms with van der Waals surface area (Å²) in [5.41, 5.74) is 0.768. The molecule has 0 aromatic carbocycles. The van der Waals surface area contributed by atoms with E-state index in [4.69, 9.17) is 4.52 Å². The lowest BCUT2D eigenvalue weighted by Gasteiger charge is -2.26. The highest BCUT2D eigenvalue weighted by Gasteiger charge is 2.31. The summed E-state index contributed by atoms with van der Waals surface area (Å²) in [6.45, 7) is 9.51. The molecule has 2 atom stereocenters. The Hall–Kier alpha value is -1.85. The fourth-order valence-corrected chi connectivity index (χ4v) is 2.70. The van der Waals surface area contributed by atoms with Crippen LogP contribution in [0, 0.1) is 5.92 Å². The first kappa shape index (κ1) is 17.5. The fraction of sp³-hybridized carbons (Fsp3) is 0.706. The third-order valence-corrected chi connectivity index (χ3v) is 4.51. The van der Waals surface area contributed by atoms with Crippen molar-refractivity contribution in [1.82, 2.24) is 15.4 Å². The number of nitrogens with one attached hydrogen (secondary N) is 1. The van der Waals surface area contributed by atoms with Crippen molar-refractivity contribution in [3.8, 4) is 0 Å². The van der Waals surface area contributed by atoms with E-state index in [0.717, 1.165) is 38.0 Å². The fourth-order valence-electron chi connectivity index (χ4n) is 2.70. The summed E-state index contributed by atoms with van der Waals surface area (Å²) in [4.78, 5) is 26.8. The SMILES string of the molecule is CC[C@@H](C)c1cc(C(=O)N[C@H](C(=O)N2CCCC2)C(C)C)on1. The highest BCUT2D eigenvalue weighted by Crippen LogP contribution is 2.19. The van der Waals surface area contributed by atoms with Crippen LogP contribution in [0.1, 0.15) is 69.1 Å². The third kappa shape index (κ3) is 4.12. The van der Waals surface area contributed by atoms with Crippen molar-refractivity contribution >= 4 is 11.8 Å². The molecule has 2 rings (SSSR count). The van der Waals surface area contributed by atoms with Crippen molar-refractivity contribution in [3.63, 3.8) is 0 Å². The van der Waals surface area contributed by atoms with Crippen molar-refractivity contribution < 1.29 is 14.1 Å². The Morgan fingerprint density at radius 3 is 2.52 bits per heavy atom. The predicted molar refractivity (Wildman–Crippen MR) is 87.1 cm³/mol. The number of amides is 2. The van der Waals surface area contributed by atoms with E-state index in [-0.39, 0.29) is 29.4 Å². The first-order valence-electron chi connectivity index (χ1n) is 8.50. The van der Waals surface area contributed by atoms with Gasteiger partial charge < -0.3 is 14.7 Å². The van der Waals surface area contributed by atoms with Gasteiger partial charge in [-0.05, 0) is 25.2 Å². The lowest BCUT2D eigenvalue weighted by molar-refractivity contribution is -0.133. The zero-order valence-electron chi connectivity index (χ0n) is 14.5. The summed E-state index contributed by atoms with van der Waals surface area (Å²) < 4.78 is 5.15. The number of likely N-dealkylation sites (tertiary alicyclic amines) is 1. The number of carbonyl (C=O) groups excluding carboxylic acids is 2. The van der Waals surface area contributed by atoms with Crippen molar-refractivity contribution in [2.75, 3.05) is 13.1 Å². The summed E-state index contributed by atoms with van der Waals surface area (Å²) in [5.74, 6) is 0.0439. The summed E-state index contributed by atoms with van der Waals surface area (Å²) in [6.07, 6.45) is 2.99. The summed E-state index contributed by atoms with van der Waals surface area (Å²) >= 11 is 0. The molecule has 0 aliphatic carbocycles. The van der Waals surface area contributed by atoms with Crippen LogP contribution >= 0.6 is 0 Å². The molecule has 0 spiro atoms. The van der Waals surface area contributed by atoms with Gasteiger partial charge in [-0.15, -0.1) is 0 Å². The van der Waals surface area contributed by atoms with Crippen molar-refractivity contribution in [2.45, 2.75) is 58.9 Å². The quantitative estimate of drug-likeness (QED) is 0.873. The molecule has 2 amide bonds.